The zero-order chi connectivity index (χ0) is 10.1. The van der Waals surface area contributed by atoms with Gasteiger partial charge in [-0.3, -0.25) is 4.79 Å². The molecule has 4 nitrogen and oxygen atoms in total. The fourth-order valence-electron chi connectivity index (χ4n) is 1.35. The number of carbonyl (C=O) groups is 1. The Kier molecular flexibility index (Phi) is 2.35. The second-order valence-corrected chi connectivity index (χ2v) is 4.20. The van der Waals surface area contributed by atoms with Crippen LogP contribution in [0.15, 0.2) is 24.3 Å². The molecule has 1 aromatic rings. The largest absolute Gasteiger partial charge is 0.399 e. The van der Waals surface area contributed by atoms with Crippen molar-refractivity contribution < 1.29 is 9.90 Å². The number of nitrogen functional groups attached to an aromatic ring is 1. The van der Waals surface area contributed by atoms with Crippen LogP contribution >= 0.6 is 11.8 Å². The van der Waals surface area contributed by atoms with Crippen molar-refractivity contribution in [2.24, 2.45) is 0 Å². The van der Waals surface area contributed by atoms with E-state index in [1.54, 1.807) is 12.1 Å². The molecule has 0 aliphatic carbocycles. The van der Waals surface area contributed by atoms with Crippen LogP contribution in [0.3, 0.4) is 0 Å². The molecular formula is C9H10N2O2S. The molecule has 2 unspecified atom stereocenters. The lowest BCUT2D eigenvalue weighted by atomic mass is 10.1. The highest BCUT2D eigenvalue weighted by Gasteiger charge is 2.32. The quantitative estimate of drug-likeness (QED) is 0.606. The first-order chi connectivity index (χ1) is 6.66. The Morgan fingerprint density at radius 2 is 2.00 bits per heavy atom. The van der Waals surface area contributed by atoms with Crippen molar-refractivity contribution in [2.45, 2.75) is 11.5 Å². The van der Waals surface area contributed by atoms with E-state index in [1.807, 2.05) is 12.1 Å². The number of benzene rings is 1. The van der Waals surface area contributed by atoms with Gasteiger partial charge in [-0.25, -0.2) is 0 Å². The molecule has 2 atom stereocenters. The summed E-state index contributed by atoms with van der Waals surface area (Å²) in [6, 6.07) is 7.14. The van der Waals surface area contributed by atoms with Crippen molar-refractivity contribution >= 4 is 22.7 Å². The van der Waals surface area contributed by atoms with E-state index in [0.29, 0.717) is 5.69 Å². The van der Waals surface area contributed by atoms with Crippen LogP contribution in [0.1, 0.15) is 10.8 Å². The van der Waals surface area contributed by atoms with Gasteiger partial charge in [0.25, 0.3) is 5.24 Å². The summed E-state index contributed by atoms with van der Waals surface area (Å²) in [5.74, 6) is 0. The number of carbonyl (C=O) groups excluding carboxylic acids is 1. The number of aliphatic hydroxyl groups is 1. The van der Waals surface area contributed by atoms with Crippen LogP contribution in [-0.2, 0) is 0 Å². The smallest absolute Gasteiger partial charge is 0.281 e. The number of hydrogen-bond acceptors (Lipinski definition) is 4. The van der Waals surface area contributed by atoms with Crippen molar-refractivity contribution in [3.05, 3.63) is 29.8 Å². The SMILES string of the molecule is Nc1ccc(C2SC(=O)NC2O)cc1. The van der Waals surface area contributed by atoms with Gasteiger partial charge in [0.05, 0.1) is 5.25 Å². The Bertz CT molecular complexity index is 352. The molecule has 4 N–H and O–H groups in total. The summed E-state index contributed by atoms with van der Waals surface area (Å²) in [6.45, 7) is 0. The van der Waals surface area contributed by atoms with Crippen LogP contribution < -0.4 is 11.1 Å². The van der Waals surface area contributed by atoms with Crippen molar-refractivity contribution in [3.63, 3.8) is 0 Å². The minimum Gasteiger partial charge on any atom is -0.399 e. The van der Waals surface area contributed by atoms with Gasteiger partial charge >= 0.3 is 0 Å². The van der Waals surface area contributed by atoms with Gasteiger partial charge in [0.2, 0.25) is 0 Å². The third-order valence-corrected chi connectivity index (χ3v) is 3.17. The van der Waals surface area contributed by atoms with Gasteiger partial charge in [-0.1, -0.05) is 23.9 Å². The Balaban J connectivity index is 2.23. The third kappa shape index (κ3) is 1.69. The van der Waals surface area contributed by atoms with Gasteiger partial charge < -0.3 is 16.2 Å². The Hall–Kier alpha value is -1.20. The van der Waals surface area contributed by atoms with E-state index in [-0.39, 0.29) is 10.5 Å². The van der Waals surface area contributed by atoms with Gasteiger partial charge in [-0.2, -0.15) is 0 Å². The molecule has 0 saturated carbocycles. The fraction of sp³-hybridized carbons (Fsp3) is 0.222. The van der Waals surface area contributed by atoms with Gasteiger partial charge in [0, 0.05) is 5.69 Å². The maximum absolute atomic E-state index is 11.0. The van der Waals surface area contributed by atoms with Crippen molar-refractivity contribution in [2.75, 3.05) is 5.73 Å². The molecule has 0 spiro atoms. The van der Waals surface area contributed by atoms with Gasteiger partial charge in [-0.05, 0) is 17.7 Å². The minimum absolute atomic E-state index is 0.195. The number of hydrogen-bond donors (Lipinski definition) is 3. The van der Waals surface area contributed by atoms with Crippen LogP contribution in [0.25, 0.3) is 0 Å². The average Bonchev–Trinajstić information content (AvgIpc) is 2.47. The molecular weight excluding hydrogens is 200 g/mol. The highest BCUT2D eigenvalue weighted by atomic mass is 32.2. The molecule has 1 aromatic carbocycles. The molecule has 1 fully saturated rings. The number of rotatable bonds is 1. The second kappa shape index (κ2) is 3.51. The Morgan fingerprint density at radius 1 is 1.36 bits per heavy atom. The molecule has 74 valence electrons. The summed E-state index contributed by atoms with van der Waals surface area (Å²) in [4.78, 5) is 11.0. The molecule has 2 rings (SSSR count). The second-order valence-electron chi connectivity index (χ2n) is 3.08. The molecule has 5 heteroatoms. The summed E-state index contributed by atoms with van der Waals surface area (Å²) >= 11 is 1.09. The number of amides is 1. The van der Waals surface area contributed by atoms with Gasteiger partial charge in [0.15, 0.2) is 0 Å². The first-order valence-corrected chi connectivity index (χ1v) is 5.05. The molecule has 0 aromatic heterocycles. The van der Waals surface area contributed by atoms with E-state index in [1.165, 1.54) is 0 Å². The summed E-state index contributed by atoms with van der Waals surface area (Å²) in [5.41, 5.74) is 7.11. The molecule has 1 aliphatic rings. The minimum atomic E-state index is -0.809. The fourth-order valence-corrected chi connectivity index (χ4v) is 2.26. The Morgan fingerprint density at radius 3 is 2.50 bits per heavy atom. The Labute approximate surface area is 85.5 Å². The van der Waals surface area contributed by atoms with Crippen LogP contribution in [0, 0.1) is 0 Å². The number of nitrogens with two attached hydrogens (primary N) is 1. The molecule has 1 amide bonds. The predicted molar refractivity (Wildman–Crippen MR) is 55.7 cm³/mol. The standard InChI is InChI=1S/C9H10N2O2S/c10-6-3-1-5(2-4-6)7-8(12)11-9(13)14-7/h1-4,7-8,12H,10H2,(H,11,13). The molecule has 1 aliphatic heterocycles. The topological polar surface area (TPSA) is 75.4 Å². The van der Waals surface area contributed by atoms with Crippen molar-refractivity contribution in [1.29, 1.82) is 0 Å². The van der Waals surface area contributed by atoms with Crippen LogP contribution in [0.5, 0.6) is 0 Å². The zero-order valence-electron chi connectivity index (χ0n) is 7.31. The number of anilines is 1. The van der Waals surface area contributed by atoms with E-state index >= 15 is 0 Å². The van der Waals surface area contributed by atoms with Crippen LogP contribution in [0.2, 0.25) is 0 Å². The average molecular weight is 210 g/mol. The zero-order valence-corrected chi connectivity index (χ0v) is 8.12. The maximum Gasteiger partial charge on any atom is 0.281 e. The molecule has 0 radical (unpaired) electrons. The summed E-state index contributed by atoms with van der Waals surface area (Å²) < 4.78 is 0. The number of thioether (sulfide) groups is 1. The maximum atomic E-state index is 11.0. The molecule has 1 saturated heterocycles. The van der Waals surface area contributed by atoms with Crippen LogP contribution in [0.4, 0.5) is 10.5 Å². The van der Waals surface area contributed by atoms with Crippen molar-refractivity contribution in [1.82, 2.24) is 5.32 Å². The summed E-state index contributed by atoms with van der Waals surface area (Å²) in [6.07, 6.45) is -0.809. The van der Waals surface area contributed by atoms with Gasteiger partial charge in [-0.15, -0.1) is 0 Å². The van der Waals surface area contributed by atoms with Crippen LogP contribution in [-0.4, -0.2) is 16.6 Å². The first-order valence-electron chi connectivity index (χ1n) is 4.17. The summed E-state index contributed by atoms with van der Waals surface area (Å²) in [5, 5.41) is 11.5. The lowest BCUT2D eigenvalue weighted by molar-refractivity contribution is 0.153. The normalized spacial score (nSPS) is 26.2. The van der Waals surface area contributed by atoms with E-state index in [0.717, 1.165) is 17.3 Å². The van der Waals surface area contributed by atoms with Crippen molar-refractivity contribution in [3.8, 4) is 0 Å². The lowest BCUT2D eigenvalue weighted by Gasteiger charge is -2.11. The molecule has 0 bridgehead atoms. The lowest BCUT2D eigenvalue weighted by Crippen LogP contribution is -2.26. The van der Waals surface area contributed by atoms with E-state index in [9.17, 15) is 9.90 Å². The first kappa shape index (κ1) is 9.36. The summed E-state index contributed by atoms with van der Waals surface area (Å²) in [7, 11) is 0. The van der Waals surface area contributed by atoms with Gasteiger partial charge in [0.1, 0.15) is 6.23 Å². The van der Waals surface area contributed by atoms with E-state index in [2.05, 4.69) is 5.32 Å². The third-order valence-electron chi connectivity index (χ3n) is 2.05. The number of nitrogens with one attached hydrogen (secondary N) is 1. The highest BCUT2D eigenvalue weighted by molar-refractivity contribution is 8.14. The molecule has 1 heterocycles. The van der Waals surface area contributed by atoms with E-state index < -0.39 is 6.23 Å². The monoisotopic (exact) mass is 210 g/mol. The van der Waals surface area contributed by atoms with E-state index in [4.69, 9.17) is 5.73 Å². The predicted octanol–water partition coefficient (Wildman–Crippen LogP) is 1.08. The number of aliphatic hydroxyl groups excluding tert-OH is 1. The highest BCUT2D eigenvalue weighted by Crippen LogP contribution is 2.36. The molecule has 14 heavy (non-hydrogen) atoms.